The van der Waals surface area contributed by atoms with Crippen molar-refractivity contribution in [2.75, 3.05) is 25.1 Å². The normalized spacial score (nSPS) is 10.3. The Kier molecular flexibility index (Phi) is 4.12. The molecule has 3 N–H and O–H groups in total. The first-order chi connectivity index (χ1) is 9.90. The molecule has 21 heavy (non-hydrogen) atoms. The summed E-state index contributed by atoms with van der Waals surface area (Å²) in [6, 6.07) is 9.83. The number of nitrogens with one attached hydrogen (secondary N) is 1. The number of anilines is 3. The standard InChI is InChI=1S/C16H18FN3O/c1-10-12(17)5-4-6-14(10)19-15-8-7-11(9-13(15)18)16(21)20(2)3/h4-9,19H,18H2,1-3H3. The van der Waals surface area contributed by atoms with Crippen LogP contribution >= 0.6 is 0 Å². The Balaban J connectivity index is 2.30. The smallest absolute Gasteiger partial charge is 0.253 e. The van der Waals surface area contributed by atoms with Crippen LogP contribution in [0.15, 0.2) is 36.4 Å². The van der Waals surface area contributed by atoms with E-state index < -0.39 is 0 Å². The number of benzene rings is 2. The number of nitrogens with zero attached hydrogens (tertiary/aromatic N) is 1. The molecule has 0 saturated carbocycles. The van der Waals surface area contributed by atoms with Gasteiger partial charge in [0.15, 0.2) is 0 Å². The summed E-state index contributed by atoms with van der Waals surface area (Å²) < 4.78 is 13.5. The number of carbonyl (C=O) groups excluding carboxylic acids is 1. The third-order valence-electron chi connectivity index (χ3n) is 3.24. The molecule has 0 aromatic heterocycles. The van der Waals surface area contributed by atoms with E-state index in [2.05, 4.69) is 5.32 Å². The molecule has 0 saturated heterocycles. The van der Waals surface area contributed by atoms with Crippen molar-refractivity contribution < 1.29 is 9.18 Å². The molecule has 4 nitrogen and oxygen atoms in total. The van der Waals surface area contributed by atoms with Crippen molar-refractivity contribution >= 4 is 23.0 Å². The monoisotopic (exact) mass is 287 g/mol. The summed E-state index contributed by atoms with van der Waals surface area (Å²) in [5.74, 6) is -0.395. The molecular weight excluding hydrogens is 269 g/mol. The van der Waals surface area contributed by atoms with Gasteiger partial charge in [-0.3, -0.25) is 4.79 Å². The molecule has 0 spiro atoms. The lowest BCUT2D eigenvalue weighted by molar-refractivity contribution is 0.0827. The molecule has 0 aliphatic heterocycles. The zero-order valence-corrected chi connectivity index (χ0v) is 12.3. The van der Waals surface area contributed by atoms with Gasteiger partial charge in [-0.2, -0.15) is 0 Å². The van der Waals surface area contributed by atoms with E-state index in [-0.39, 0.29) is 11.7 Å². The van der Waals surface area contributed by atoms with Crippen molar-refractivity contribution in [1.82, 2.24) is 4.90 Å². The maximum absolute atomic E-state index is 13.5. The van der Waals surface area contributed by atoms with Crippen LogP contribution < -0.4 is 11.1 Å². The highest BCUT2D eigenvalue weighted by Gasteiger charge is 2.11. The topological polar surface area (TPSA) is 58.4 Å². The molecule has 0 bridgehead atoms. The molecule has 0 unspecified atom stereocenters. The van der Waals surface area contributed by atoms with Crippen molar-refractivity contribution in [3.8, 4) is 0 Å². The predicted octanol–water partition coefficient (Wildman–Crippen LogP) is 3.16. The SMILES string of the molecule is Cc1c(F)cccc1Nc1ccc(C(=O)N(C)C)cc1N. The van der Waals surface area contributed by atoms with Crippen LogP contribution in [0.3, 0.4) is 0 Å². The van der Waals surface area contributed by atoms with E-state index in [4.69, 9.17) is 5.73 Å². The van der Waals surface area contributed by atoms with Crippen molar-refractivity contribution in [3.63, 3.8) is 0 Å². The van der Waals surface area contributed by atoms with Gasteiger partial charge in [-0.15, -0.1) is 0 Å². The van der Waals surface area contributed by atoms with E-state index >= 15 is 0 Å². The molecule has 0 radical (unpaired) electrons. The Morgan fingerprint density at radius 1 is 1.19 bits per heavy atom. The summed E-state index contributed by atoms with van der Waals surface area (Å²) in [6.07, 6.45) is 0. The van der Waals surface area contributed by atoms with E-state index in [0.717, 1.165) is 0 Å². The van der Waals surface area contributed by atoms with Gasteiger partial charge in [-0.05, 0) is 37.3 Å². The fraction of sp³-hybridized carbons (Fsp3) is 0.188. The highest BCUT2D eigenvalue weighted by atomic mass is 19.1. The number of nitrogens with two attached hydrogens (primary N) is 1. The average Bonchev–Trinajstić information content (AvgIpc) is 2.44. The number of amides is 1. The largest absolute Gasteiger partial charge is 0.397 e. The minimum atomic E-state index is -0.280. The van der Waals surface area contributed by atoms with E-state index in [1.807, 2.05) is 0 Å². The zero-order valence-electron chi connectivity index (χ0n) is 12.3. The first-order valence-corrected chi connectivity index (χ1v) is 6.53. The fourth-order valence-corrected chi connectivity index (χ4v) is 1.96. The minimum Gasteiger partial charge on any atom is -0.397 e. The molecule has 0 heterocycles. The molecular formula is C16H18FN3O. The lowest BCUT2D eigenvalue weighted by Crippen LogP contribution is -2.21. The number of rotatable bonds is 3. The van der Waals surface area contributed by atoms with Crippen LogP contribution in [-0.2, 0) is 0 Å². The first-order valence-electron chi connectivity index (χ1n) is 6.53. The van der Waals surface area contributed by atoms with Crippen LogP contribution in [0.1, 0.15) is 15.9 Å². The molecule has 1 amide bonds. The molecule has 0 aliphatic rings. The van der Waals surface area contributed by atoms with E-state index in [1.54, 1.807) is 51.4 Å². The third-order valence-corrected chi connectivity index (χ3v) is 3.24. The Labute approximate surface area is 123 Å². The Morgan fingerprint density at radius 2 is 1.90 bits per heavy atom. The first kappa shape index (κ1) is 14.8. The molecule has 5 heteroatoms. The van der Waals surface area contributed by atoms with Crippen LogP contribution in [0.5, 0.6) is 0 Å². The highest BCUT2D eigenvalue weighted by molar-refractivity contribution is 5.96. The van der Waals surface area contributed by atoms with Crippen LogP contribution in [0, 0.1) is 12.7 Å². The molecule has 110 valence electrons. The Morgan fingerprint density at radius 3 is 2.52 bits per heavy atom. The summed E-state index contributed by atoms with van der Waals surface area (Å²) in [7, 11) is 3.36. The summed E-state index contributed by atoms with van der Waals surface area (Å²) in [5, 5.41) is 3.09. The lowest BCUT2D eigenvalue weighted by atomic mass is 10.1. The fourth-order valence-electron chi connectivity index (χ4n) is 1.96. The quantitative estimate of drug-likeness (QED) is 0.853. The molecule has 2 aromatic rings. The zero-order chi connectivity index (χ0) is 15.6. The second kappa shape index (κ2) is 5.83. The van der Waals surface area contributed by atoms with Gasteiger partial charge in [-0.1, -0.05) is 6.07 Å². The maximum Gasteiger partial charge on any atom is 0.253 e. The van der Waals surface area contributed by atoms with Crippen LogP contribution in [-0.4, -0.2) is 24.9 Å². The van der Waals surface area contributed by atoms with Gasteiger partial charge in [0, 0.05) is 30.9 Å². The number of hydrogen-bond acceptors (Lipinski definition) is 3. The predicted molar refractivity (Wildman–Crippen MR) is 83.3 cm³/mol. The maximum atomic E-state index is 13.5. The molecule has 0 atom stereocenters. The number of carbonyl (C=O) groups is 1. The minimum absolute atomic E-state index is 0.116. The Bertz CT molecular complexity index is 683. The molecule has 0 fully saturated rings. The van der Waals surface area contributed by atoms with Gasteiger partial charge >= 0.3 is 0 Å². The molecule has 2 aromatic carbocycles. The second-order valence-electron chi connectivity index (χ2n) is 5.04. The Hall–Kier alpha value is -2.56. The van der Waals surface area contributed by atoms with Crippen LogP contribution in [0.2, 0.25) is 0 Å². The summed E-state index contributed by atoms with van der Waals surface area (Å²) in [4.78, 5) is 13.4. The third kappa shape index (κ3) is 3.13. The van der Waals surface area contributed by atoms with Crippen molar-refractivity contribution in [1.29, 1.82) is 0 Å². The average molecular weight is 287 g/mol. The van der Waals surface area contributed by atoms with Crippen molar-refractivity contribution in [2.24, 2.45) is 0 Å². The summed E-state index contributed by atoms with van der Waals surface area (Å²) >= 11 is 0. The number of hydrogen-bond donors (Lipinski definition) is 2. The number of nitrogen functional groups attached to an aromatic ring is 1. The molecule has 2 rings (SSSR count). The van der Waals surface area contributed by atoms with Gasteiger partial charge in [0.25, 0.3) is 5.91 Å². The molecule has 0 aliphatic carbocycles. The number of halogens is 1. The van der Waals surface area contributed by atoms with E-state index in [1.165, 1.54) is 11.0 Å². The van der Waals surface area contributed by atoms with Gasteiger partial charge in [0.1, 0.15) is 5.82 Å². The van der Waals surface area contributed by atoms with E-state index in [9.17, 15) is 9.18 Å². The van der Waals surface area contributed by atoms with Gasteiger partial charge < -0.3 is 16.0 Å². The van der Waals surface area contributed by atoms with Crippen molar-refractivity contribution in [2.45, 2.75) is 6.92 Å². The van der Waals surface area contributed by atoms with Crippen molar-refractivity contribution in [3.05, 3.63) is 53.3 Å². The van der Waals surface area contributed by atoms with Gasteiger partial charge in [-0.25, -0.2) is 4.39 Å². The summed E-state index contributed by atoms with van der Waals surface area (Å²) in [6.45, 7) is 1.69. The second-order valence-corrected chi connectivity index (χ2v) is 5.04. The van der Waals surface area contributed by atoms with Crippen LogP contribution in [0.4, 0.5) is 21.5 Å². The summed E-state index contributed by atoms with van der Waals surface area (Å²) in [5.41, 5.74) is 8.72. The van der Waals surface area contributed by atoms with Gasteiger partial charge in [0.2, 0.25) is 0 Å². The van der Waals surface area contributed by atoms with E-state index in [0.29, 0.717) is 28.2 Å². The lowest BCUT2D eigenvalue weighted by Gasteiger charge is -2.14. The highest BCUT2D eigenvalue weighted by Crippen LogP contribution is 2.27. The van der Waals surface area contributed by atoms with Crippen LogP contribution in [0.25, 0.3) is 0 Å². The van der Waals surface area contributed by atoms with Gasteiger partial charge in [0.05, 0.1) is 11.4 Å².